The van der Waals surface area contributed by atoms with Crippen LogP contribution in [0.5, 0.6) is 0 Å². The molecule has 4 aliphatic heterocycles. The first kappa shape index (κ1) is 17.8. The van der Waals surface area contributed by atoms with Crippen LogP contribution in [-0.4, -0.2) is 42.3 Å². The molecule has 4 heterocycles. The van der Waals surface area contributed by atoms with E-state index in [1.807, 2.05) is 42.5 Å². The van der Waals surface area contributed by atoms with E-state index in [1.165, 1.54) is 4.90 Å². The predicted molar refractivity (Wildman–Crippen MR) is 112 cm³/mol. The van der Waals surface area contributed by atoms with Gasteiger partial charge < -0.3 is 4.90 Å². The van der Waals surface area contributed by atoms with Gasteiger partial charge in [0.2, 0.25) is 11.8 Å². The molecule has 0 radical (unpaired) electrons. The molecule has 0 aromatic heterocycles. The summed E-state index contributed by atoms with van der Waals surface area (Å²) in [5.41, 5.74) is 1.21. The van der Waals surface area contributed by atoms with Crippen LogP contribution < -0.4 is 9.80 Å². The number of piperidine rings is 1. The van der Waals surface area contributed by atoms with Crippen LogP contribution in [0.4, 0.5) is 11.4 Å². The second kappa shape index (κ2) is 6.01. The van der Waals surface area contributed by atoms with Crippen molar-refractivity contribution in [2.45, 2.75) is 30.8 Å². The summed E-state index contributed by atoms with van der Waals surface area (Å²) in [4.78, 5) is 46.6. The monoisotopic (exact) mass is 401 g/mol. The van der Waals surface area contributed by atoms with Gasteiger partial charge in [-0.25, -0.2) is 4.90 Å². The number of carbonyl (C=O) groups excluding carboxylic acids is 3. The van der Waals surface area contributed by atoms with Crippen LogP contribution in [0.25, 0.3) is 0 Å². The van der Waals surface area contributed by atoms with Gasteiger partial charge in [-0.05, 0) is 37.6 Å². The number of benzene rings is 2. The molecular weight excluding hydrogens is 378 g/mol. The first-order valence-electron chi connectivity index (χ1n) is 10.7. The second-order valence-electron chi connectivity index (χ2n) is 8.76. The van der Waals surface area contributed by atoms with Crippen LogP contribution in [0.1, 0.15) is 24.8 Å². The van der Waals surface area contributed by atoms with Crippen LogP contribution in [0.3, 0.4) is 0 Å². The van der Waals surface area contributed by atoms with Crippen LogP contribution in [0.15, 0.2) is 54.6 Å². The zero-order valence-electron chi connectivity index (χ0n) is 16.8. The van der Waals surface area contributed by atoms with E-state index in [4.69, 9.17) is 0 Å². The third-order valence-electron chi connectivity index (χ3n) is 7.54. The molecule has 0 aliphatic carbocycles. The molecule has 2 aromatic rings. The summed E-state index contributed by atoms with van der Waals surface area (Å²) >= 11 is 0. The van der Waals surface area contributed by atoms with Crippen LogP contribution in [0, 0.1) is 11.8 Å². The SMILES string of the molecule is CN1C(=O)[C@]2(c3ccccc31)[C@@H]1C(=O)N(c3ccccc3)C(=O)[C@@H]1[C@@H]1CCCCN12. The molecule has 152 valence electrons. The Morgan fingerprint density at radius 3 is 2.43 bits per heavy atom. The molecule has 6 nitrogen and oxygen atoms in total. The van der Waals surface area contributed by atoms with Gasteiger partial charge in [-0.3, -0.25) is 19.3 Å². The third kappa shape index (κ3) is 1.90. The number of hydrogen-bond donors (Lipinski definition) is 0. The fourth-order valence-electron chi connectivity index (χ4n) is 6.44. The highest BCUT2D eigenvalue weighted by molar-refractivity contribution is 6.26. The number of carbonyl (C=O) groups is 3. The molecule has 0 bridgehead atoms. The topological polar surface area (TPSA) is 60.9 Å². The lowest BCUT2D eigenvalue weighted by Crippen LogP contribution is -2.57. The maximum absolute atomic E-state index is 13.9. The molecule has 30 heavy (non-hydrogen) atoms. The lowest BCUT2D eigenvalue weighted by molar-refractivity contribution is -0.138. The quantitative estimate of drug-likeness (QED) is 0.689. The predicted octanol–water partition coefficient (Wildman–Crippen LogP) is 2.53. The Bertz CT molecular complexity index is 1080. The van der Waals surface area contributed by atoms with E-state index in [-0.39, 0.29) is 23.8 Å². The van der Waals surface area contributed by atoms with Crippen molar-refractivity contribution in [3.05, 3.63) is 60.2 Å². The van der Waals surface area contributed by atoms with E-state index in [9.17, 15) is 14.4 Å². The Morgan fingerprint density at radius 1 is 0.900 bits per heavy atom. The molecule has 1 spiro atoms. The minimum Gasteiger partial charge on any atom is -0.313 e. The van der Waals surface area contributed by atoms with E-state index in [0.29, 0.717) is 5.69 Å². The number of para-hydroxylation sites is 2. The average molecular weight is 401 g/mol. The molecule has 2 aromatic carbocycles. The van der Waals surface area contributed by atoms with Crippen molar-refractivity contribution in [2.24, 2.45) is 11.8 Å². The summed E-state index contributed by atoms with van der Waals surface area (Å²) in [5, 5.41) is 0. The Balaban J connectivity index is 1.59. The van der Waals surface area contributed by atoms with Gasteiger partial charge in [-0.2, -0.15) is 0 Å². The number of fused-ring (bicyclic) bond motifs is 7. The molecule has 4 atom stereocenters. The minimum absolute atomic E-state index is 0.0841. The summed E-state index contributed by atoms with van der Waals surface area (Å²) < 4.78 is 0. The lowest BCUT2D eigenvalue weighted by atomic mass is 9.76. The largest absolute Gasteiger partial charge is 0.313 e. The zero-order chi connectivity index (χ0) is 20.6. The number of nitrogens with zero attached hydrogens (tertiary/aromatic N) is 3. The Kier molecular flexibility index (Phi) is 3.58. The van der Waals surface area contributed by atoms with Crippen molar-refractivity contribution in [3.63, 3.8) is 0 Å². The molecule has 0 unspecified atom stereocenters. The van der Waals surface area contributed by atoms with Crippen molar-refractivity contribution in [1.82, 2.24) is 4.90 Å². The van der Waals surface area contributed by atoms with Crippen LogP contribution in [-0.2, 0) is 19.9 Å². The van der Waals surface area contributed by atoms with Gasteiger partial charge in [-0.1, -0.05) is 42.8 Å². The van der Waals surface area contributed by atoms with Crippen molar-refractivity contribution < 1.29 is 14.4 Å². The van der Waals surface area contributed by atoms with Crippen molar-refractivity contribution in [2.75, 3.05) is 23.4 Å². The highest BCUT2D eigenvalue weighted by Gasteiger charge is 2.74. The highest BCUT2D eigenvalue weighted by Crippen LogP contribution is 2.61. The maximum atomic E-state index is 13.9. The van der Waals surface area contributed by atoms with E-state index in [0.717, 1.165) is 37.1 Å². The maximum Gasteiger partial charge on any atom is 0.252 e. The fraction of sp³-hybridized carbons (Fsp3) is 0.375. The molecule has 0 N–H and O–H groups in total. The molecular formula is C24H23N3O3. The van der Waals surface area contributed by atoms with E-state index >= 15 is 0 Å². The average Bonchev–Trinajstić information content (AvgIpc) is 3.32. The lowest BCUT2D eigenvalue weighted by Gasteiger charge is -2.42. The standard InChI is InChI=1S/C24H23N3O3/c1-25-17-12-6-5-11-16(17)24(23(25)30)20-19(18-13-7-8-14-26(18)24)21(28)27(22(20)29)15-9-3-2-4-10-15/h2-6,9-12,18-20H,7-8,13-14H2,1H3/t18-,19+,20-,24-/m0/s1. The molecule has 0 saturated carbocycles. The second-order valence-corrected chi connectivity index (χ2v) is 8.76. The van der Waals surface area contributed by atoms with Crippen molar-refractivity contribution in [1.29, 1.82) is 0 Å². The fourth-order valence-corrected chi connectivity index (χ4v) is 6.44. The normalized spacial score (nSPS) is 32.7. The summed E-state index contributed by atoms with van der Waals surface area (Å²) in [6.07, 6.45) is 2.82. The van der Waals surface area contributed by atoms with Crippen LogP contribution in [0.2, 0.25) is 0 Å². The Labute approximate surface area is 175 Å². The van der Waals surface area contributed by atoms with Crippen molar-refractivity contribution in [3.8, 4) is 0 Å². The summed E-state index contributed by atoms with van der Waals surface area (Å²) in [7, 11) is 1.78. The highest BCUT2D eigenvalue weighted by atomic mass is 16.2. The summed E-state index contributed by atoms with van der Waals surface area (Å²) in [5.74, 6) is -1.67. The number of rotatable bonds is 1. The van der Waals surface area contributed by atoms with E-state index < -0.39 is 17.4 Å². The number of likely N-dealkylation sites (N-methyl/N-ethyl adjacent to an activating group) is 1. The number of amides is 3. The van der Waals surface area contributed by atoms with Gasteiger partial charge in [0.25, 0.3) is 5.91 Å². The molecule has 4 aliphatic rings. The zero-order valence-corrected chi connectivity index (χ0v) is 16.8. The molecule has 6 heteroatoms. The van der Waals surface area contributed by atoms with E-state index in [2.05, 4.69) is 4.90 Å². The first-order chi connectivity index (χ1) is 14.6. The third-order valence-corrected chi connectivity index (χ3v) is 7.54. The Morgan fingerprint density at radius 2 is 1.63 bits per heavy atom. The van der Waals surface area contributed by atoms with Gasteiger partial charge in [0.05, 0.1) is 17.5 Å². The van der Waals surface area contributed by atoms with Gasteiger partial charge >= 0.3 is 0 Å². The van der Waals surface area contributed by atoms with Crippen molar-refractivity contribution >= 4 is 29.1 Å². The smallest absolute Gasteiger partial charge is 0.252 e. The van der Waals surface area contributed by atoms with Crippen LogP contribution >= 0.6 is 0 Å². The summed E-state index contributed by atoms with van der Waals surface area (Å²) in [6.45, 7) is 0.734. The minimum atomic E-state index is -1.09. The van der Waals surface area contributed by atoms with Gasteiger partial charge in [-0.15, -0.1) is 0 Å². The number of anilines is 2. The van der Waals surface area contributed by atoms with Gasteiger partial charge in [0, 0.05) is 24.3 Å². The van der Waals surface area contributed by atoms with E-state index in [1.54, 1.807) is 24.1 Å². The molecule has 3 amide bonds. The molecule has 3 fully saturated rings. The number of hydrogen-bond acceptors (Lipinski definition) is 4. The molecule has 6 rings (SSSR count). The van der Waals surface area contributed by atoms with Gasteiger partial charge in [0.1, 0.15) is 5.54 Å². The Hall–Kier alpha value is -2.99. The number of imide groups is 1. The van der Waals surface area contributed by atoms with Gasteiger partial charge in [0.15, 0.2) is 0 Å². The summed E-state index contributed by atoms with van der Waals surface area (Å²) in [6, 6.07) is 16.8. The molecule has 3 saturated heterocycles. The first-order valence-corrected chi connectivity index (χ1v) is 10.7.